The molecule has 0 spiro atoms. The molecule has 0 saturated heterocycles. The molecule has 0 radical (unpaired) electrons. The highest BCUT2D eigenvalue weighted by atomic mass is 32.2. The first-order chi connectivity index (χ1) is 8.86. The molecular formula is C14H17N3S. The maximum atomic E-state index is 4.63. The third-order valence-electron chi connectivity index (χ3n) is 3.13. The number of hydrogen-bond acceptors (Lipinski definition) is 3. The number of rotatable bonds is 5. The molecule has 0 amide bonds. The van der Waals surface area contributed by atoms with Crippen molar-refractivity contribution in [3.63, 3.8) is 0 Å². The van der Waals surface area contributed by atoms with Crippen molar-refractivity contribution < 1.29 is 0 Å². The average Bonchev–Trinajstić information content (AvgIpc) is 3.13. The van der Waals surface area contributed by atoms with Gasteiger partial charge in [-0.25, -0.2) is 4.68 Å². The molecule has 1 aromatic carbocycles. The molecule has 1 aliphatic rings. The van der Waals surface area contributed by atoms with E-state index in [4.69, 9.17) is 0 Å². The second-order valence-electron chi connectivity index (χ2n) is 4.58. The summed E-state index contributed by atoms with van der Waals surface area (Å²) in [4.78, 5) is 1.25. The highest BCUT2D eigenvalue weighted by molar-refractivity contribution is 7.98. The monoisotopic (exact) mass is 259 g/mol. The SMILES string of the molecule is CSc1ccccc1-n1ccc(CNC2CC2)n1. The van der Waals surface area contributed by atoms with Crippen molar-refractivity contribution in [3.05, 3.63) is 42.2 Å². The van der Waals surface area contributed by atoms with Crippen LogP contribution < -0.4 is 5.32 Å². The molecule has 1 N–H and O–H groups in total. The van der Waals surface area contributed by atoms with E-state index in [1.165, 1.54) is 17.7 Å². The van der Waals surface area contributed by atoms with E-state index in [9.17, 15) is 0 Å². The molecule has 0 aliphatic heterocycles. The van der Waals surface area contributed by atoms with Crippen LogP contribution >= 0.6 is 11.8 Å². The van der Waals surface area contributed by atoms with Crippen LogP contribution in [-0.4, -0.2) is 22.1 Å². The van der Waals surface area contributed by atoms with Crippen molar-refractivity contribution in [2.45, 2.75) is 30.3 Å². The number of nitrogens with one attached hydrogen (secondary N) is 1. The van der Waals surface area contributed by atoms with Gasteiger partial charge in [-0.15, -0.1) is 11.8 Å². The predicted molar refractivity (Wildman–Crippen MR) is 75.2 cm³/mol. The molecule has 1 saturated carbocycles. The number of aromatic nitrogens is 2. The number of benzene rings is 1. The molecule has 2 aromatic rings. The second-order valence-corrected chi connectivity index (χ2v) is 5.43. The first kappa shape index (κ1) is 11.8. The fourth-order valence-electron chi connectivity index (χ4n) is 1.95. The third kappa shape index (κ3) is 2.60. The minimum absolute atomic E-state index is 0.730. The summed E-state index contributed by atoms with van der Waals surface area (Å²) in [6.07, 6.45) is 6.77. The smallest absolute Gasteiger partial charge is 0.0781 e. The van der Waals surface area contributed by atoms with Gasteiger partial charge in [0.05, 0.1) is 11.4 Å². The minimum Gasteiger partial charge on any atom is -0.308 e. The van der Waals surface area contributed by atoms with E-state index in [1.54, 1.807) is 11.8 Å². The van der Waals surface area contributed by atoms with Gasteiger partial charge in [-0.05, 0) is 37.3 Å². The molecule has 1 aromatic heterocycles. The summed E-state index contributed by atoms with van der Waals surface area (Å²) in [7, 11) is 0. The summed E-state index contributed by atoms with van der Waals surface area (Å²) in [5.74, 6) is 0. The number of nitrogens with zero attached hydrogens (tertiary/aromatic N) is 2. The normalized spacial score (nSPS) is 14.9. The van der Waals surface area contributed by atoms with Crippen molar-refractivity contribution in [1.82, 2.24) is 15.1 Å². The fraction of sp³-hybridized carbons (Fsp3) is 0.357. The Morgan fingerprint density at radius 2 is 2.17 bits per heavy atom. The van der Waals surface area contributed by atoms with Crippen molar-refractivity contribution >= 4 is 11.8 Å². The fourth-order valence-corrected chi connectivity index (χ4v) is 2.53. The van der Waals surface area contributed by atoms with Crippen LogP contribution in [0.3, 0.4) is 0 Å². The Balaban J connectivity index is 1.78. The van der Waals surface area contributed by atoms with Gasteiger partial charge in [0, 0.05) is 23.7 Å². The number of hydrogen-bond donors (Lipinski definition) is 1. The first-order valence-corrected chi connectivity index (χ1v) is 7.50. The molecule has 0 bridgehead atoms. The van der Waals surface area contributed by atoms with Gasteiger partial charge in [-0.1, -0.05) is 12.1 Å². The van der Waals surface area contributed by atoms with Gasteiger partial charge in [0.25, 0.3) is 0 Å². The molecule has 1 fully saturated rings. The van der Waals surface area contributed by atoms with Crippen molar-refractivity contribution in [2.75, 3.05) is 6.26 Å². The zero-order valence-electron chi connectivity index (χ0n) is 10.5. The Morgan fingerprint density at radius 3 is 2.94 bits per heavy atom. The zero-order valence-corrected chi connectivity index (χ0v) is 11.3. The number of para-hydroxylation sites is 1. The molecule has 1 aliphatic carbocycles. The van der Waals surface area contributed by atoms with Gasteiger partial charge in [0.2, 0.25) is 0 Å². The second kappa shape index (κ2) is 5.16. The van der Waals surface area contributed by atoms with Gasteiger partial charge < -0.3 is 5.32 Å². The molecule has 4 heteroatoms. The topological polar surface area (TPSA) is 29.9 Å². The Kier molecular flexibility index (Phi) is 3.39. The van der Waals surface area contributed by atoms with Crippen LogP contribution in [0.1, 0.15) is 18.5 Å². The lowest BCUT2D eigenvalue weighted by Crippen LogP contribution is -2.15. The molecule has 0 atom stereocenters. The van der Waals surface area contributed by atoms with Crippen LogP contribution in [0.4, 0.5) is 0 Å². The zero-order chi connectivity index (χ0) is 12.4. The van der Waals surface area contributed by atoms with E-state index in [0.717, 1.165) is 24.0 Å². The van der Waals surface area contributed by atoms with Crippen LogP contribution in [0.15, 0.2) is 41.4 Å². The molecule has 94 valence electrons. The van der Waals surface area contributed by atoms with Gasteiger partial charge in [-0.3, -0.25) is 0 Å². The van der Waals surface area contributed by atoms with Crippen LogP contribution in [0.2, 0.25) is 0 Å². The Morgan fingerprint density at radius 1 is 1.33 bits per heavy atom. The van der Waals surface area contributed by atoms with E-state index in [-0.39, 0.29) is 0 Å². The van der Waals surface area contributed by atoms with Gasteiger partial charge in [0.1, 0.15) is 0 Å². The highest BCUT2D eigenvalue weighted by Gasteiger charge is 2.20. The van der Waals surface area contributed by atoms with E-state index >= 15 is 0 Å². The lowest BCUT2D eigenvalue weighted by atomic mass is 10.3. The molecule has 0 unspecified atom stereocenters. The van der Waals surface area contributed by atoms with Crippen LogP contribution in [0.25, 0.3) is 5.69 Å². The van der Waals surface area contributed by atoms with E-state index < -0.39 is 0 Å². The van der Waals surface area contributed by atoms with Gasteiger partial charge in [0.15, 0.2) is 0 Å². The van der Waals surface area contributed by atoms with Crippen LogP contribution in [-0.2, 0) is 6.54 Å². The summed E-state index contributed by atoms with van der Waals surface area (Å²) in [6, 6.07) is 11.2. The molecular weight excluding hydrogens is 242 g/mol. The number of thioether (sulfide) groups is 1. The first-order valence-electron chi connectivity index (χ1n) is 6.28. The largest absolute Gasteiger partial charge is 0.308 e. The molecule has 3 nitrogen and oxygen atoms in total. The Hall–Kier alpha value is -1.26. The summed E-state index contributed by atoms with van der Waals surface area (Å²) < 4.78 is 1.97. The average molecular weight is 259 g/mol. The third-order valence-corrected chi connectivity index (χ3v) is 3.91. The summed E-state index contributed by atoms with van der Waals surface area (Å²) in [5, 5.41) is 8.11. The van der Waals surface area contributed by atoms with E-state index in [2.05, 4.69) is 47.0 Å². The standard InChI is InChI=1S/C14H17N3S/c1-18-14-5-3-2-4-13(14)17-9-8-12(16-17)10-15-11-6-7-11/h2-5,8-9,11,15H,6-7,10H2,1H3. The molecule has 18 heavy (non-hydrogen) atoms. The van der Waals surface area contributed by atoms with Crippen molar-refractivity contribution in [3.8, 4) is 5.69 Å². The Labute approximate surface area is 112 Å². The van der Waals surface area contributed by atoms with Crippen molar-refractivity contribution in [1.29, 1.82) is 0 Å². The van der Waals surface area contributed by atoms with Crippen LogP contribution in [0.5, 0.6) is 0 Å². The van der Waals surface area contributed by atoms with E-state index in [0.29, 0.717) is 0 Å². The maximum absolute atomic E-state index is 4.63. The van der Waals surface area contributed by atoms with Crippen molar-refractivity contribution in [2.24, 2.45) is 0 Å². The summed E-state index contributed by atoms with van der Waals surface area (Å²) in [6.45, 7) is 0.874. The Bertz CT molecular complexity index is 531. The maximum Gasteiger partial charge on any atom is 0.0781 e. The van der Waals surface area contributed by atoms with Gasteiger partial charge in [-0.2, -0.15) is 5.10 Å². The van der Waals surface area contributed by atoms with E-state index in [1.807, 2.05) is 10.9 Å². The summed E-state index contributed by atoms with van der Waals surface area (Å²) >= 11 is 1.75. The lowest BCUT2D eigenvalue weighted by molar-refractivity contribution is 0.664. The highest BCUT2D eigenvalue weighted by Crippen LogP contribution is 2.23. The predicted octanol–water partition coefficient (Wildman–Crippen LogP) is 2.85. The minimum atomic E-state index is 0.730. The lowest BCUT2D eigenvalue weighted by Gasteiger charge is -2.06. The quantitative estimate of drug-likeness (QED) is 0.837. The molecule has 1 heterocycles. The van der Waals surface area contributed by atoms with Gasteiger partial charge >= 0.3 is 0 Å². The van der Waals surface area contributed by atoms with Crippen LogP contribution in [0, 0.1) is 0 Å². The molecule has 3 rings (SSSR count). The summed E-state index contributed by atoms with van der Waals surface area (Å²) in [5.41, 5.74) is 2.26.